The number of methoxy groups -OCH3 is 2. The molecule has 322 valence electrons. The number of carbonyl (C=O) groups excluding carboxylic acids is 2. The Morgan fingerprint density at radius 2 is 1.68 bits per heavy atom. The first-order valence-electron chi connectivity index (χ1n) is 21.5. The molecule has 19 atom stereocenters. The van der Waals surface area contributed by atoms with E-state index < -0.39 is 60.8 Å². The first-order valence-corrected chi connectivity index (χ1v) is 21.5. The van der Waals surface area contributed by atoms with Crippen molar-refractivity contribution < 1.29 is 52.6 Å². The SMILES string of the molecule is CCOC1C(OC)[C@H](O[C@H]2C[C@H]3[C@@H]4C=C5C(=O)[C@H](C)[C@@H](O[C@H]6CC[C@H](N(C)C)C(C)O6)CCC[C@H](CC)OC(=O)C[C@H]5[C@@H]4[C@H](O)C(N=[N+]=[N-])[C@@H]3C2)OC(C)[C@@H]1OC. The first kappa shape index (κ1) is 44.4. The molecule has 0 aromatic rings. The van der Waals surface area contributed by atoms with Crippen LogP contribution in [-0.4, -0.2) is 136 Å². The number of aliphatic hydroxyl groups excluding tert-OH is 1. The van der Waals surface area contributed by atoms with Crippen molar-refractivity contribution in [2.45, 2.75) is 172 Å². The van der Waals surface area contributed by atoms with Crippen molar-refractivity contribution in [3.05, 3.63) is 22.1 Å². The van der Waals surface area contributed by atoms with Crippen molar-refractivity contribution in [3.63, 3.8) is 0 Å². The smallest absolute Gasteiger partial charge is 0.306 e. The van der Waals surface area contributed by atoms with Gasteiger partial charge in [-0.3, -0.25) is 9.59 Å². The number of ketones is 1. The fourth-order valence-electron chi connectivity index (χ4n) is 11.3. The highest BCUT2D eigenvalue weighted by Gasteiger charge is 2.59. The van der Waals surface area contributed by atoms with Gasteiger partial charge in [-0.05, 0) is 121 Å². The van der Waals surface area contributed by atoms with Crippen LogP contribution >= 0.6 is 0 Å². The maximum absolute atomic E-state index is 14.9. The monoisotopic (exact) mass is 804 g/mol. The van der Waals surface area contributed by atoms with Gasteiger partial charge in [0.25, 0.3) is 0 Å². The Morgan fingerprint density at radius 1 is 0.947 bits per heavy atom. The summed E-state index contributed by atoms with van der Waals surface area (Å²) < 4.78 is 49.9. The first-order chi connectivity index (χ1) is 27.3. The zero-order chi connectivity index (χ0) is 41.1. The Kier molecular flexibility index (Phi) is 15.2. The van der Waals surface area contributed by atoms with Crippen molar-refractivity contribution in [1.29, 1.82) is 0 Å². The molecule has 0 radical (unpaired) electrons. The summed E-state index contributed by atoms with van der Waals surface area (Å²) in [6.07, 6.45) is 2.40. The van der Waals surface area contributed by atoms with Crippen LogP contribution in [-0.2, 0) is 47.5 Å². The van der Waals surface area contributed by atoms with Gasteiger partial charge < -0.3 is 47.9 Å². The molecule has 0 aromatic heterocycles. The fourth-order valence-corrected chi connectivity index (χ4v) is 11.3. The van der Waals surface area contributed by atoms with E-state index in [0.717, 1.165) is 19.3 Å². The Labute approximate surface area is 338 Å². The van der Waals surface area contributed by atoms with E-state index in [4.69, 9.17) is 37.9 Å². The number of hydrogen-bond donors (Lipinski definition) is 1. The topological polar surface area (TPSA) is 180 Å². The minimum absolute atomic E-state index is 0.0237. The van der Waals surface area contributed by atoms with Crippen LogP contribution in [0.4, 0.5) is 0 Å². The van der Waals surface area contributed by atoms with Gasteiger partial charge in [0.1, 0.15) is 24.4 Å². The molecule has 3 saturated heterocycles. The molecule has 15 heteroatoms. The van der Waals surface area contributed by atoms with Crippen LogP contribution in [0.1, 0.15) is 92.4 Å². The number of esters is 1. The number of ether oxygens (including phenoxy) is 8. The highest BCUT2D eigenvalue weighted by atomic mass is 16.7. The second kappa shape index (κ2) is 19.5. The van der Waals surface area contributed by atoms with E-state index in [0.29, 0.717) is 44.3 Å². The summed E-state index contributed by atoms with van der Waals surface area (Å²) in [7, 11) is 7.34. The highest BCUT2D eigenvalue weighted by Crippen LogP contribution is 2.57. The van der Waals surface area contributed by atoms with Crippen molar-refractivity contribution in [2.24, 2.45) is 40.6 Å². The van der Waals surface area contributed by atoms with E-state index >= 15 is 0 Å². The number of rotatable bonds is 11. The Morgan fingerprint density at radius 3 is 2.33 bits per heavy atom. The summed E-state index contributed by atoms with van der Waals surface area (Å²) >= 11 is 0. The van der Waals surface area contributed by atoms with E-state index in [-0.39, 0.29) is 72.5 Å². The molecule has 2 saturated carbocycles. The van der Waals surface area contributed by atoms with Crippen molar-refractivity contribution in [3.8, 4) is 0 Å². The maximum atomic E-state index is 14.9. The number of likely N-dealkylation sites (N-methyl/N-ethyl adjacent to an activating group) is 1. The van der Waals surface area contributed by atoms with E-state index in [9.17, 15) is 20.2 Å². The van der Waals surface area contributed by atoms with E-state index in [1.807, 2.05) is 33.8 Å². The predicted octanol–water partition coefficient (Wildman–Crippen LogP) is 5.36. The van der Waals surface area contributed by atoms with Crippen LogP contribution in [0.2, 0.25) is 0 Å². The van der Waals surface area contributed by atoms with Gasteiger partial charge in [-0.15, -0.1) is 0 Å². The molecule has 3 aliphatic carbocycles. The number of cyclic esters (lactones) is 1. The third-order valence-electron chi connectivity index (χ3n) is 14.1. The van der Waals surface area contributed by atoms with E-state index in [1.54, 1.807) is 14.2 Å². The van der Waals surface area contributed by atoms with Crippen molar-refractivity contribution >= 4 is 11.8 Å². The van der Waals surface area contributed by atoms with Gasteiger partial charge in [0.15, 0.2) is 18.4 Å². The highest BCUT2D eigenvalue weighted by molar-refractivity contribution is 5.99. The molecule has 3 aliphatic heterocycles. The van der Waals surface area contributed by atoms with Gasteiger partial charge in [0, 0.05) is 43.6 Å². The average Bonchev–Trinajstić information content (AvgIpc) is 3.76. The van der Waals surface area contributed by atoms with Gasteiger partial charge in [-0.2, -0.15) is 0 Å². The summed E-state index contributed by atoms with van der Waals surface area (Å²) in [4.78, 5) is 33.9. The molecule has 1 N–H and O–H groups in total. The Bertz CT molecular complexity index is 1460. The lowest BCUT2D eigenvalue weighted by Crippen LogP contribution is -2.60. The molecule has 6 rings (SSSR count). The number of allylic oxidation sites excluding steroid dienone is 2. The molecule has 3 heterocycles. The van der Waals surface area contributed by atoms with Crippen LogP contribution in [0, 0.1) is 35.5 Å². The lowest BCUT2D eigenvalue weighted by atomic mass is 9.63. The number of fused-ring (bicyclic) bond motifs is 5. The minimum Gasteiger partial charge on any atom is -0.462 e. The zero-order valence-electron chi connectivity index (χ0n) is 35.4. The van der Waals surface area contributed by atoms with Crippen molar-refractivity contribution in [2.75, 3.05) is 34.9 Å². The van der Waals surface area contributed by atoms with Crippen molar-refractivity contribution in [1.82, 2.24) is 4.90 Å². The second-order valence-electron chi connectivity index (χ2n) is 17.5. The molecule has 5 unspecified atom stereocenters. The normalized spacial score (nSPS) is 45.5. The second-order valence-corrected chi connectivity index (χ2v) is 17.5. The molecule has 15 nitrogen and oxygen atoms in total. The van der Waals surface area contributed by atoms with Crippen LogP contribution < -0.4 is 0 Å². The predicted molar refractivity (Wildman–Crippen MR) is 209 cm³/mol. The lowest BCUT2D eigenvalue weighted by molar-refractivity contribution is -0.317. The van der Waals surface area contributed by atoms with Crippen LogP contribution in [0.25, 0.3) is 10.4 Å². The molecule has 0 spiro atoms. The van der Waals surface area contributed by atoms with Gasteiger partial charge in [-0.1, -0.05) is 25.0 Å². The summed E-state index contributed by atoms with van der Waals surface area (Å²) in [5, 5.41) is 16.4. The van der Waals surface area contributed by atoms with Crippen LogP contribution in [0.15, 0.2) is 16.8 Å². The molecule has 0 aromatic carbocycles. The maximum Gasteiger partial charge on any atom is 0.306 e. The number of hydrogen-bond acceptors (Lipinski definition) is 13. The number of Topliss-reactive ketones (excluding diaryl/α,β-unsaturated/α-hetero) is 1. The number of nitrogens with zero attached hydrogens (tertiary/aromatic N) is 4. The molecule has 5 fully saturated rings. The fraction of sp³-hybridized carbons (Fsp3) is 0.905. The average molecular weight is 805 g/mol. The van der Waals surface area contributed by atoms with Gasteiger partial charge >= 0.3 is 5.97 Å². The summed E-state index contributed by atoms with van der Waals surface area (Å²) in [5.74, 6) is -2.74. The minimum atomic E-state index is -1.09. The Balaban J connectivity index is 1.28. The van der Waals surface area contributed by atoms with Crippen LogP contribution in [0.3, 0.4) is 0 Å². The number of carbonyl (C=O) groups is 2. The summed E-state index contributed by atoms with van der Waals surface area (Å²) in [6.45, 7) is 10.3. The third kappa shape index (κ3) is 9.28. The zero-order valence-corrected chi connectivity index (χ0v) is 35.4. The lowest BCUT2D eigenvalue weighted by Gasteiger charge is -2.45. The standard InChI is InChI=1S/C42H68N4O11/c1-10-24-13-12-14-32(57-34-16-15-31(46(6)7)22(4)53-34)21(3)37(48)30-19-27-26-17-25(56-42-41(51-9)40(52-11-2)39(50-8)23(5)54-42)18-29(26)36(44-45-43)38(49)35(27)28(30)20-33(47)55-24/h19,21-29,31-32,34-36,38-42,49H,10-18,20H2,1-9H3/t21-,22?,23?,24+,25+,26+,27+,28-,29-,31+,32+,34+,35-,36?,38+,39+,40?,41?,42+/m1/s1. The van der Waals surface area contributed by atoms with Gasteiger partial charge in [0.2, 0.25) is 0 Å². The largest absolute Gasteiger partial charge is 0.462 e. The summed E-state index contributed by atoms with van der Waals surface area (Å²) in [6, 6.07) is -0.491. The van der Waals surface area contributed by atoms with Gasteiger partial charge in [-0.25, -0.2) is 0 Å². The molecule has 0 amide bonds. The Hall–Kier alpha value is -2.17. The quantitative estimate of drug-likeness (QED) is 0.123. The summed E-state index contributed by atoms with van der Waals surface area (Å²) in [5.41, 5.74) is 10.3. The number of aliphatic hydroxyl groups is 1. The molecular weight excluding hydrogens is 736 g/mol. The van der Waals surface area contributed by atoms with E-state index in [2.05, 4.69) is 35.9 Å². The molecular formula is C42H68N4O11. The molecule has 0 bridgehead atoms. The van der Waals surface area contributed by atoms with Gasteiger partial charge in [0.05, 0.1) is 43.0 Å². The molecule has 6 aliphatic rings. The third-order valence-corrected chi connectivity index (χ3v) is 14.1. The molecule has 57 heavy (non-hydrogen) atoms. The van der Waals surface area contributed by atoms with Crippen LogP contribution in [0.5, 0.6) is 0 Å². The van der Waals surface area contributed by atoms with E-state index in [1.165, 1.54) is 0 Å². The number of azide groups is 1.